The van der Waals surface area contributed by atoms with E-state index in [1.165, 1.54) is 18.2 Å². The number of urea groups is 1. The molecule has 0 aromatic heterocycles. The molecule has 0 radical (unpaired) electrons. The first kappa shape index (κ1) is 16.4. The van der Waals surface area contributed by atoms with Crippen LogP contribution in [0, 0.1) is 11.6 Å². The van der Waals surface area contributed by atoms with Crippen LogP contribution in [0.2, 0.25) is 0 Å². The topological polar surface area (TPSA) is 35.6 Å². The van der Waals surface area contributed by atoms with Crippen LogP contribution < -0.4 is 5.32 Å². The minimum atomic E-state index is -0.396. The molecule has 0 bridgehead atoms. The zero-order valence-corrected chi connectivity index (χ0v) is 13.2. The van der Waals surface area contributed by atoms with E-state index < -0.39 is 5.82 Å². The number of carbonyl (C=O) groups is 1. The fraction of sp³-hybridized carbons (Fsp3) is 0.278. The smallest absolute Gasteiger partial charge is 0.311 e. The Morgan fingerprint density at radius 3 is 2.71 bits per heavy atom. The minimum Gasteiger partial charge on any atom is -0.311 e. The first-order valence-corrected chi connectivity index (χ1v) is 7.89. The Morgan fingerprint density at radius 1 is 1.08 bits per heavy atom. The van der Waals surface area contributed by atoms with Gasteiger partial charge in [-0.3, -0.25) is 4.90 Å². The van der Waals surface area contributed by atoms with Gasteiger partial charge in [0.1, 0.15) is 11.6 Å². The molecule has 1 saturated heterocycles. The average Bonchev–Trinajstić information content (AvgIpc) is 2.57. The van der Waals surface area contributed by atoms with E-state index in [1.807, 2.05) is 4.90 Å². The number of rotatable bonds is 3. The normalized spacial score (nSPS) is 15.3. The lowest BCUT2D eigenvalue weighted by atomic mass is 10.2. The van der Waals surface area contributed by atoms with E-state index in [9.17, 15) is 13.6 Å². The second-order valence-corrected chi connectivity index (χ2v) is 5.84. The summed E-state index contributed by atoms with van der Waals surface area (Å²) in [6.45, 7) is 2.29. The third-order valence-electron chi connectivity index (χ3n) is 3.99. The van der Waals surface area contributed by atoms with E-state index in [0.29, 0.717) is 31.0 Å². The summed E-state index contributed by atoms with van der Waals surface area (Å²) in [5.74, 6) is -0.633. The highest BCUT2D eigenvalue weighted by atomic mass is 19.1. The number of hydrogen-bond acceptors (Lipinski definition) is 2. The largest absolute Gasteiger partial charge is 0.322 e. The van der Waals surface area contributed by atoms with Crippen molar-refractivity contribution in [3.63, 3.8) is 0 Å². The number of carbonyl (C=O) groups excluding carboxylic acids is 1. The Hall–Kier alpha value is -2.47. The minimum absolute atomic E-state index is 0.237. The summed E-state index contributed by atoms with van der Waals surface area (Å²) < 4.78 is 27.0. The van der Waals surface area contributed by atoms with Gasteiger partial charge < -0.3 is 10.2 Å². The lowest BCUT2D eigenvalue weighted by Crippen LogP contribution is -2.48. The summed E-state index contributed by atoms with van der Waals surface area (Å²) in [4.78, 5) is 16.0. The predicted molar refractivity (Wildman–Crippen MR) is 88.4 cm³/mol. The van der Waals surface area contributed by atoms with Crippen LogP contribution in [-0.4, -0.2) is 35.6 Å². The van der Waals surface area contributed by atoms with E-state index in [4.69, 9.17) is 0 Å². The van der Waals surface area contributed by atoms with Gasteiger partial charge in [-0.25, -0.2) is 13.6 Å². The maximum Gasteiger partial charge on any atom is 0.322 e. The van der Waals surface area contributed by atoms with Crippen molar-refractivity contribution < 1.29 is 13.6 Å². The number of hydrogen-bond donors (Lipinski definition) is 1. The predicted octanol–water partition coefficient (Wildman–Crippen LogP) is 3.66. The Kier molecular flexibility index (Phi) is 5.05. The lowest BCUT2D eigenvalue weighted by Gasteiger charge is -2.35. The van der Waals surface area contributed by atoms with Crippen molar-refractivity contribution in [1.29, 1.82) is 0 Å². The maximum absolute atomic E-state index is 13.8. The van der Waals surface area contributed by atoms with Crippen LogP contribution in [0.15, 0.2) is 48.5 Å². The van der Waals surface area contributed by atoms with Gasteiger partial charge in [-0.2, -0.15) is 0 Å². The lowest BCUT2D eigenvalue weighted by molar-refractivity contribution is 0.104. The molecule has 1 fully saturated rings. The third kappa shape index (κ3) is 4.08. The van der Waals surface area contributed by atoms with Crippen molar-refractivity contribution >= 4 is 11.7 Å². The fourth-order valence-electron chi connectivity index (χ4n) is 2.80. The highest BCUT2D eigenvalue weighted by Crippen LogP contribution is 2.15. The number of nitrogens with one attached hydrogen (secondary N) is 1. The second-order valence-electron chi connectivity index (χ2n) is 5.84. The van der Waals surface area contributed by atoms with Gasteiger partial charge in [0.25, 0.3) is 0 Å². The molecular formula is C18H19F2N3O. The zero-order valence-electron chi connectivity index (χ0n) is 13.2. The number of amides is 2. The molecule has 2 aromatic carbocycles. The Balaban J connectivity index is 1.60. The molecule has 2 aromatic rings. The Labute approximate surface area is 139 Å². The van der Waals surface area contributed by atoms with Gasteiger partial charge in [0, 0.05) is 30.9 Å². The number of nitrogens with zero attached hydrogens (tertiary/aromatic N) is 2. The van der Waals surface area contributed by atoms with E-state index in [1.54, 1.807) is 35.2 Å². The first-order valence-electron chi connectivity index (χ1n) is 7.89. The summed E-state index contributed by atoms with van der Waals surface area (Å²) in [7, 11) is 0. The van der Waals surface area contributed by atoms with Crippen LogP contribution in [0.25, 0.3) is 0 Å². The van der Waals surface area contributed by atoms with Crippen LogP contribution in [0.4, 0.5) is 19.3 Å². The van der Waals surface area contributed by atoms with Crippen LogP contribution >= 0.6 is 0 Å². The second kappa shape index (κ2) is 7.40. The van der Waals surface area contributed by atoms with Crippen LogP contribution in [-0.2, 0) is 6.54 Å². The van der Waals surface area contributed by atoms with Gasteiger partial charge in [0.2, 0.25) is 0 Å². The van der Waals surface area contributed by atoms with Gasteiger partial charge in [0.05, 0.1) is 6.67 Å². The van der Waals surface area contributed by atoms with Gasteiger partial charge in [-0.15, -0.1) is 0 Å². The van der Waals surface area contributed by atoms with Gasteiger partial charge in [0.15, 0.2) is 0 Å². The van der Waals surface area contributed by atoms with Gasteiger partial charge >= 0.3 is 6.03 Å². The van der Waals surface area contributed by atoms with Gasteiger partial charge in [-0.1, -0.05) is 24.3 Å². The van der Waals surface area contributed by atoms with E-state index >= 15 is 0 Å². The molecule has 0 saturated carbocycles. The molecule has 1 heterocycles. The SMILES string of the molecule is O=C(Nc1cccc(F)c1)N1CCCN(Cc2ccccc2F)C1. The molecule has 0 aliphatic carbocycles. The molecular weight excluding hydrogens is 312 g/mol. The molecule has 1 N–H and O–H groups in total. The molecule has 3 rings (SSSR count). The van der Waals surface area contributed by atoms with Crippen molar-refractivity contribution in [2.45, 2.75) is 13.0 Å². The molecule has 0 atom stereocenters. The monoisotopic (exact) mass is 331 g/mol. The van der Waals surface area contributed by atoms with Crippen LogP contribution in [0.1, 0.15) is 12.0 Å². The summed E-state index contributed by atoms with van der Waals surface area (Å²) in [6.07, 6.45) is 0.811. The van der Waals surface area contributed by atoms with Crippen molar-refractivity contribution in [3.8, 4) is 0 Å². The molecule has 126 valence electrons. The molecule has 6 heteroatoms. The number of halogens is 2. The number of anilines is 1. The van der Waals surface area contributed by atoms with E-state index in [2.05, 4.69) is 5.32 Å². The van der Waals surface area contributed by atoms with Crippen LogP contribution in [0.5, 0.6) is 0 Å². The molecule has 0 unspecified atom stereocenters. The first-order chi connectivity index (χ1) is 11.6. The molecule has 1 aliphatic heterocycles. The standard InChI is InChI=1S/C18H19F2N3O/c19-15-6-3-7-16(11-15)21-18(24)23-10-4-9-22(13-23)12-14-5-1-2-8-17(14)20/h1-3,5-8,11H,4,9-10,12-13H2,(H,21,24). The van der Waals surface area contributed by atoms with Crippen molar-refractivity contribution in [2.75, 3.05) is 25.1 Å². The Bertz CT molecular complexity index is 723. The summed E-state index contributed by atoms with van der Waals surface area (Å²) in [5.41, 5.74) is 1.04. The Morgan fingerprint density at radius 2 is 1.92 bits per heavy atom. The van der Waals surface area contributed by atoms with E-state index in [0.717, 1.165) is 13.0 Å². The molecule has 0 spiro atoms. The summed E-state index contributed by atoms with van der Waals surface area (Å²) >= 11 is 0. The van der Waals surface area contributed by atoms with Crippen molar-refractivity contribution in [3.05, 3.63) is 65.7 Å². The van der Waals surface area contributed by atoms with E-state index in [-0.39, 0.29) is 11.8 Å². The summed E-state index contributed by atoms with van der Waals surface area (Å²) in [6, 6.07) is 12.2. The molecule has 4 nitrogen and oxygen atoms in total. The van der Waals surface area contributed by atoms with Crippen LogP contribution in [0.3, 0.4) is 0 Å². The highest BCUT2D eigenvalue weighted by molar-refractivity contribution is 5.89. The fourth-order valence-corrected chi connectivity index (χ4v) is 2.80. The zero-order chi connectivity index (χ0) is 16.9. The molecule has 1 aliphatic rings. The average molecular weight is 331 g/mol. The quantitative estimate of drug-likeness (QED) is 0.932. The summed E-state index contributed by atoms with van der Waals surface area (Å²) in [5, 5.41) is 2.69. The molecule has 2 amide bonds. The van der Waals surface area contributed by atoms with Crippen molar-refractivity contribution in [2.24, 2.45) is 0 Å². The van der Waals surface area contributed by atoms with Gasteiger partial charge in [-0.05, 0) is 30.7 Å². The number of benzene rings is 2. The maximum atomic E-state index is 13.8. The van der Waals surface area contributed by atoms with Crippen molar-refractivity contribution in [1.82, 2.24) is 9.80 Å². The highest BCUT2D eigenvalue weighted by Gasteiger charge is 2.22. The molecule has 24 heavy (non-hydrogen) atoms. The third-order valence-corrected chi connectivity index (χ3v) is 3.99.